The number of carbonyl (C=O) groups excluding carboxylic acids is 1. The fraction of sp³-hybridized carbons (Fsp3) is 0.200. The number of ether oxygens (including phenoxy) is 1. The molecule has 2 N–H and O–H groups in total. The third-order valence-corrected chi connectivity index (χ3v) is 5.96. The van der Waals surface area contributed by atoms with E-state index in [2.05, 4.69) is 26.9 Å². The van der Waals surface area contributed by atoms with Crippen LogP contribution in [0.15, 0.2) is 78.0 Å². The maximum Gasteiger partial charge on any atom is 0.255 e. The minimum atomic E-state index is -3.68. The van der Waals surface area contributed by atoms with Crippen LogP contribution in [-0.2, 0) is 21.3 Å². The molecule has 1 heterocycles. The Bertz CT molecular complexity index is 1210. The molecule has 0 radical (unpaired) electrons. The number of sulfonamides is 1. The van der Waals surface area contributed by atoms with Crippen LogP contribution in [0, 0.1) is 11.8 Å². The molecule has 0 fully saturated rings. The predicted molar refractivity (Wildman–Crippen MR) is 127 cm³/mol. The summed E-state index contributed by atoms with van der Waals surface area (Å²) in [6.07, 6.45) is 4.12. The van der Waals surface area contributed by atoms with Gasteiger partial charge >= 0.3 is 0 Å². The molecule has 33 heavy (non-hydrogen) atoms. The summed E-state index contributed by atoms with van der Waals surface area (Å²) in [6, 6.07) is 16.5. The largest absolute Gasteiger partial charge is 0.369 e. The molecule has 0 unspecified atom stereocenters. The van der Waals surface area contributed by atoms with Gasteiger partial charge in [-0.25, -0.2) is 13.1 Å². The van der Waals surface area contributed by atoms with E-state index in [1.807, 2.05) is 6.92 Å². The summed E-state index contributed by atoms with van der Waals surface area (Å²) in [4.78, 5) is 16.4. The number of nitrogens with zero attached hydrogens (tertiary/aromatic N) is 1. The monoisotopic (exact) mass is 463 g/mol. The molecule has 3 aromatic rings. The number of hydrogen-bond donors (Lipinski definition) is 2. The Hall–Kier alpha value is -3.51. The van der Waals surface area contributed by atoms with Crippen molar-refractivity contribution in [2.24, 2.45) is 0 Å². The van der Waals surface area contributed by atoms with Crippen molar-refractivity contribution in [3.05, 3.63) is 89.7 Å². The van der Waals surface area contributed by atoms with Gasteiger partial charge in [-0.1, -0.05) is 30.9 Å². The second-order valence-electron chi connectivity index (χ2n) is 7.09. The van der Waals surface area contributed by atoms with Gasteiger partial charge in [-0.15, -0.1) is 0 Å². The molecule has 0 bridgehead atoms. The van der Waals surface area contributed by atoms with Gasteiger partial charge in [0, 0.05) is 42.4 Å². The van der Waals surface area contributed by atoms with Crippen LogP contribution in [0.25, 0.3) is 0 Å². The van der Waals surface area contributed by atoms with Gasteiger partial charge in [0.2, 0.25) is 10.0 Å². The van der Waals surface area contributed by atoms with Gasteiger partial charge in [0.15, 0.2) is 0 Å². The first kappa shape index (κ1) is 24.1. The van der Waals surface area contributed by atoms with E-state index in [1.54, 1.807) is 60.9 Å². The SMILES string of the molecule is CCCOCC#Cc1ccc(S(=O)(=O)NCc2ccc(C(=O)Nc3ccncc3)cc2)cc1. The third kappa shape index (κ3) is 7.54. The molecule has 170 valence electrons. The lowest BCUT2D eigenvalue weighted by atomic mass is 10.1. The molecule has 0 aliphatic heterocycles. The molecule has 0 saturated carbocycles. The average molecular weight is 464 g/mol. The number of aromatic nitrogens is 1. The number of anilines is 1. The molecule has 0 atom stereocenters. The van der Waals surface area contributed by atoms with Crippen molar-refractivity contribution in [3.63, 3.8) is 0 Å². The standard InChI is InChI=1S/C25H25N3O4S/c1-2-17-32-18-3-4-20-7-11-24(12-8-20)33(30,31)27-19-21-5-9-22(10-6-21)25(29)28-23-13-15-26-16-14-23/h5-16,27H,2,17-19H2,1H3,(H,26,28,29). The zero-order valence-electron chi connectivity index (χ0n) is 18.2. The molecular weight excluding hydrogens is 438 g/mol. The van der Waals surface area contributed by atoms with Gasteiger partial charge in [-0.05, 0) is 60.5 Å². The lowest BCUT2D eigenvalue weighted by Crippen LogP contribution is -2.23. The summed E-state index contributed by atoms with van der Waals surface area (Å²) in [6.45, 7) is 3.14. The van der Waals surface area contributed by atoms with Crippen molar-refractivity contribution >= 4 is 21.6 Å². The zero-order chi connectivity index (χ0) is 23.5. The highest BCUT2D eigenvalue weighted by Gasteiger charge is 2.14. The van der Waals surface area contributed by atoms with Crippen LogP contribution in [0.3, 0.4) is 0 Å². The summed E-state index contributed by atoms with van der Waals surface area (Å²) in [5, 5.41) is 2.77. The smallest absolute Gasteiger partial charge is 0.255 e. The maximum atomic E-state index is 12.6. The minimum absolute atomic E-state index is 0.102. The minimum Gasteiger partial charge on any atom is -0.369 e. The fourth-order valence-corrected chi connectivity index (χ4v) is 3.82. The number of nitrogens with one attached hydrogen (secondary N) is 2. The Morgan fingerprint density at radius 3 is 2.36 bits per heavy atom. The van der Waals surface area contributed by atoms with E-state index in [0.29, 0.717) is 24.5 Å². The number of rotatable bonds is 9. The van der Waals surface area contributed by atoms with E-state index in [4.69, 9.17) is 4.74 Å². The van der Waals surface area contributed by atoms with Crippen LogP contribution < -0.4 is 10.0 Å². The van der Waals surface area contributed by atoms with Crippen molar-refractivity contribution in [1.29, 1.82) is 0 Å². The maximum absolute atomic E-state index is 12.6. The molecule has 3 rings (SSSR count). The van der Waals surface area contributed by atoms with E-state index < -0.39 is 10.0 Å². The van der Waals surface area contributed by atoms with E-state index in [-0.39, 0.29) is 17.3 Å². The van der Waals surface area contributed by atoms with Gasteiger partial charge < -0.3 is 10.1 Å². The quantitative estimate of drug-likeness (QED) is 0.373. The lowest BCUT2D eigenvalue weighted by molar-refractivity contribution is 0.102. The zero-order valence-corrected chi connectivity index (χ0v) is 19.1. The molecule has 0 aliphatic carbocycles. The third-order valence-electron chi connectivity index (χ3n) is 4.54. The summed E-state index contributed by atoms with van der Waals surface area (Å²) in [5.41, 5.74) is 2.56. The lowest BCUT2D eigenvalue weighted by Gasteiger charge is -2.08. The first-order valence-corrected chi connectivity index (χ1v) is 11.9. The Kier molecular flexibility index (Phi) is 8.72. The van der Waals surface area contributed by atoms with E-state index in [1.165, 1.54) is 12.1 Å². The van der Waals surface area contributed by atoms with Gasteiger partial charge in [0.25, 0.3) is 5.91 Å². The normalized spacial score (nSPS) is 10.8. The van der Waals surface area contributed by atoms with Crippen molar-refractivity contribution < 1.29 is 17.9 Å². The number of hydrogen-bond acceptors (Lipinski definition) is 5. The number of benzene rings is 2. The van der Waals surface area contributed by atoms with E-state index >= 15 is 0 Å². The Balaban J connectivity index is 1.54. The Labute approximate surface area is 194 Å². The second-order valence-corrected chi connectivity index (χ2v) is 8.86. The van der Waals surface area contributed by atoms with Crippen molar-refractivity contribution in [1.82, 2.24) is 9.71 Å². The van der Waals surface area contributed by atoms with Crippen LogP contribution in [-0.4, -0.2) is 32.5 Å². The fourth-order valence-electron chi connectivity index (χ4n) is 2.80. The molecule has 1 amide bonds. The van der Waals surface area contributed by atoms with Crippen LogP contribution in [0.5, 0.6) is 0 Å². The number of pyridine rings is 1. The summed E-state index contributed by atoms with van der Waals surface area (Å²) in [5.74, 6) is 5.59. The average Bonchev–Trinajstić information content (AvgIpc) is 2.84. The number of amides is 1. The molecule has 8 heteroatoms. The highest BCUT2D eigenvalue weighted by Crippen LogP contribution is 2.13. The highest BCUT2D eigenvalue weighted by molar-refractivity contribution is 7.89. The summed E-state index contributed by atoms with van der Waals surface area (Å²) >= 11 is 0. The van der Waals surface area contributed by atoms with E-state index in [9.17, 15) is 13.2 Å². The van der Waals surface area contributed by atoms with Crippen LogP contribution in [0.2, 0.25) is 0 Å². The molecule has 0 spiro atoms. The Morgan fingerprint density at radius 2 is 1.70 bits per heavy atom. The molecule has 0 aliphatic rings. The molecule has 1 aromatic heterocycles. The topological polar surface area (TPSA) is 97.4 Å². The first-order valence-electron chi connectivity index (χ1n) is 10.4. The van der Waals surface area contributed by atoms with Crippen molar-refractivity contribution in [2.45, 2.75) is 24.8 Å². The van der Waals surface area contributed by atoms with Gasteiger partial charge in [0.05, 0.1) is 4.90 Å². The molecule has 2 aromatic carbocycles. The van der Waals surface area contributed by atoms with Gasteiger partial charge in [-0.2, -0.15) is 0 Å². The predicted octanol–water partition coefficient (Wildman–Crippen LogP) is 3.59. The summed E-state index contributed by atoms with van der Waals surface area (Å²) in [7, 11) is -3.68. The van der Waals surface area contributed by atoms with Gasteiger partial charge in [-0.3, -0.25) is 9.78 Å². The van der Waals surface area contributed by atoms with Crippen molar-refractivity contribution in [2.75, 3.05) is 18.5 Å². The first-order chi connectivity index (χ1) is 16.0. The van der Waals surface area contributed by atoms with E-state index in [0.717, 1.165) is 17.5 Å². The number of carbonyl (C=O) groups is 1. The summed E-state index contributed by atoms with van der Waals surface area (Å²) < 4.78 is 33.1. The van der Waals surface area contributed by atoms with Crippen LogP contribution in [0.1, 0.15) is 34.8 Å². The van der Waals surface area contributed by atoms with Gasteiger partial charge in [0.1, 0.15) is 6.61 Å². The van der Waals surface area contributed by atoms with Crippen LogP contribution in [0.4, 0.5) is 5.69 Å². The molecular formula is C25H25N3O4S. The Morgan fingerprint density at radius 1 is 1.00 bits per heavy atom. The second kappa shape index (κ2) is 11.9. The van der Waals surface area contributed by atoms with Crippen LogP contribution >= 0.6 is 0 Å². The highest BCUT2D eigenvalue weighted by atomic mass is 32.2. The molecule has 7 nitrogen and oxygen atoms in total. The van der Waals surface area contributed by atoms with Crippen molar-refractivity contribution in [3.8, 4) is 11.8 Å². The molecule has 0 saturated heterocycles.